The van der Waals surface area contributed by atoms with Crippen LogP contribution >= 0.6 is 11.8 Å². The molecule has 2 amide bonds. The summed E-state index contributed by atoms with van der Waals surface area (Å²) in [7, 11) is 0. The van der Waals surface area contributed by atoms with Crippen molar-refractivity contribution in [2.24, 2.45) is 5.41 Å². The first kappa shape index (κ1) is 19.1. The van der Waals surface area contributed by atoms with Crippen LogP contribution in [0.4, 0.5) is 16.2 Å². The van der Waals surface area contributed by atoms with E-state index in [1.165, 1.54) is 0 Å². The number of hydrogen-bond acceptors (Lipinski definition) is 3. The molecular formula is C20H24N2O2S. The van der Waals surface area contributed by atoms with Crippen molar-refractivity contribution in [1.29, 1.82) is 0 Å². The number of anilines is 2. The van der Waals surface area contributed by atoms with Gasteiger partial charge in [0.05, 0.1) is 0 Å². The third kappa shape index (κ3) is 5.94. The average Bonchev–Trinajstić information content (AvgIpc) is 2.56. The van der Waals surface area contributed by atoms with Gasteiger partial charge in [0.15, 0.2) is 0 Å². The van der Waals surface area contributed by atoms with E-state index >= 15 is 0 Å². The summed E-state index contributed by atoms with van der Waals surface area (Å²) in [5.41, 5.74) is 0.910. The number of amides is 2. The summed E-state index contributed by atoms with van der Waals surface area (Å²) in [6, 6.07) is 16.7. The Morgan fingerprint density at radius 1 is 0.960 bits per heavy atom. The lowest BCUT2D eigenvalue weighted by molar-refractivity contribution is -0.124. The first-order valence-corrected chi connectivity index (χ1v) is 9.18. The van der Waals surface area contributed by atoms with E-state index in [2.05, 4.69) is 17.6 Å². The number of carbonyl (C=O) groups is 2. The van der Waals surface area contributed by atoms with E-state index < -0.39 is 5.41 Å². The third-order valence-electron chi connectivity index (χ3n) is 3.81. The van der Waals surface area contributed by atoms with Crippen molar-refractivity contribution in [3.63, 3.8) is 0 Å². The summed E-state index contributed by atoms with van der Waals surface area (Å²) in [6.45, 7) is 5.94. The zero-order valence-electron chi connectivity index (χ0n) is 14.8. The van der Waals surface area contributed by atoms with Crippen LogP contribution in [0, 0.1) is 5.41 Å². The molecule has 2 N–H and O–H groups in total. The van der Waals surface area contributed by atoms with Crippen LogP contribution in [0.1, 0.15) is 33.6 Å². The van der Waals surface area contributed by atoms with E-state index in [0.29, 0.717) is 11.4 Å². The van der Waals surface area contributed by atoms with Crippen LogP contribution in [0.25, 0.3) is 0 Å². The average molecular weight is 356 g/mol. The Labute approximate surface area is 153 Å². The molecule has 0 radical (unpaired) electrons. The molecule has 0 saturated heterocycles. The molecule has 0 aliphatic heterocycles. The highest BCUT2D eigenvalue weighted by Gasteiger charge is 2.26. The number of thioether (sulfide) groups is 1. The van der Waals surface area contributed by atoms with E-state index in [1.807, 2.05) is 56.3 Å². The molecule has 0 spiro atoms. The van der Waals surface area contributed by atoms with E-state index in [9.17, 15) is 9.59 Å². The van der Waals surface area contributed by atoms with Gasteiger partial charge in [0.1, 0.15) is 0 Å². The lowest BCUT2D eigenvalue weighted by Crippen LogP contribution is -2.30. The van der Waals surface area contributed by atoms with Crippen LogP contribution in [0.5, 0.6) is 0 Å². The second kappa shape index (κ2) is 8.72. The van der Waals surface area contributed by atoms with Gasteiger partial charge in [0.2, 0.25) is 5.91 Å². The Kier molecular flexibility index (Phi) is 6.65. The molecule has 2 aromatic rings. The molecule has 0 unspecified atom stereocenters. The lowest BCUT2D eigenvalue weighted by atomic mass is 9.87. The highest BCUT2D eigenvalue weighted by molar-refractivity contribution is 8.13. The smallest absolute Gasteiger partial charge is 0.288 e. The van der Waals surface area contributed by atoms with Crippen molar-refractivity contribution in [2.45, 2.75) is 38.5 Å². The third-order valence-corrected chi connectivity index (χ3v) is 4.61. The molecule has 25 heavy (non-hydrogen) atoms. The largest absolute Gasteiger partial charge is 0.326 e. The summed E-state index contributed by atoms with van der Waals surface area (Å²) < 4.78 is 0. The van der Waals surface area contributed by atoms with Crippen molar-refractivity contribution in [2.75, 3.05) is 10.6 Å². The minimum absolute atomic E-state index is 0.0171. The zero-order valence-corrected chi connectivity index (χ0v) is 15.7. The summed E-state index contributed by atoms with van der Waals surface area (Å²) in [5.74, 6) is -0.0171. The molecule has 5 heteroatoms. The quantitative estimate of drug-likeness (QED) is 0.645. The molecule has 4 nitrogen and oxygen atoms in total. The molecule has 2 rings (SSSR count). The summed E-state index contributed by atoms with van der Waals surface area (Å²) in [5, 5.41) is 5.61. The van der Waals surface area contributed by atoms with Crippen LogP contribution in [0.15, 0.2) is 59.5 Å². The number of hydrogen-bond donors (Lipinski definition) is 2. The Hall–Kier alpha value is -2.27. The monoisotopic (exact) mass is 356 g/mol. The summed E-state index contributed by atoms with van der Waals surface area (Å²) in [4.78, 5) is 25.4. The van der Waals surface area contributed by atoms with Gasteiger partial charge in [-0.05, 0) is 48.5 Å². The molecule has 0 aliphatic rings. The molecule has 0 heterocycles. The van der Waals surface area contributed by atoms with Crippen LogP contribution in [0.2, 0.25) is 0 Å². The van der Waals surface area contributed by atoms with Gasteiger partial charge in [-0.1, -0.05) is 51.5 Å². The topological polar surface area (TPSA) is 58.2 Å². The van der Waals surface area contributed by atoms with E-state index in [0.717, 1.165) is 29.5 Å². The molecule has 0 aromatic heterocycles. The van der Waals surface area contributed by atoms with Gasteiger partial charge < -0.3 is 10.6 Å². The fourth-order valence-corrected chi connectivity index (χ4v) is 3.13. The lowest BCUT2D eigenvalue weighted by Gasteiger charge is -2.23. The van der Waals surface area contributed by atoms with Crippen LogP contribution < -0.4 is 10.6 Å². The molecule has 0 atom stereocenters. The number of rotatable bonds is 6. The van der Waals surface area contributed by atoms with Crippen molar-refractivity contribution >= 4 is 34.3 Å². The van der Waals surface area contributed by atoms with Gasteiger partial charge in [-0.3, -0.25) is 9.59 Å². The second-order valence-corrected chi connectivity index (χ2v) is 7.54. The highest BCUT2D eigenvalue weighted by Crippen LogP contribution is 2.26. The molecule has 0 bridgehead atoms. The standard InChI is InChI=1S/C20H24N2O2S/c1-4-13-20(2,3)18(23)21-15-9-8-10-16(14-15)22-19(24)25-17-11-6-5-7-12-17/h5-12,14H,4,13H2,1-3H3,(H,21,23)(H,22,24). The maximum absolute atomic E-state index is 12.4. The van der Waals surface area contributed by atoms with Crippen LogP contribution in [-0.2, 0) is 4.79 Å². The fraction of sp³-hybridized carbons (Fsp3) is 0.300. The number of nitrogens with one attached hydrogen (secondary N) is 2. The maximum Gasteiger partial charge on any atom is 0.288 e. The van der Waals surface area contributed by atoms with Gasteiger partial charge in [0.25, 0.3) is 5.24 Å². The first-order valence-electron chi connectivity index (χ1n) is 8.36. The van der Waals surface area contributed by atoms with E-state index in [-0.39, 0.29) is 11.1 Å². The Morgan fingerprint density at radius 3 is 2.24 bits per heavy atom. The van der Waals surface area contributed by atoms with Gasteiger partial charge >= 0.3 is 0 Å². The minimum atomic E-state index is -0.419. The molecule has 0 aliphatic carbocycles. The zero-order chi connectivity index (χ0) is 18.3. The van der Waals surface area contributed by atoms with Crippen molar-refractivity contribution in [3.05, 3.63) is 54.6 Å². The van der Waals surface area contributed by atoms with Gasteiger partial charge in [-0.2, -0.15) is 0 Å². The molecule has 0 fully saturated rings. The van der Waals surface area contributed by atoms with Crippen LogP contribution in [-0.4, -0.2) is 11.1 Å². The minimum Gasteiger partial charge on any atom is -0.326 e. The SMILES string of the molecule is CCCC(C)(C)C(=O)Nc1cccc(NC(=O)Sc2ccccc2)c1. The predicted octanol–water partition coefficient (Wildman–Crippen LogP) is 5.78. The first-order chi connectivity index (χ1) is 11.9. The molecular weight excluding hydrogens is 332 g/mol. The van der Waals surface area contributed by atoms with Crippen molar-refractivity contribution < 1.29 is 9.59 Å². The maximum atomic E-state index is 12.4. The molecule has 132 valence electrons. The fourth-order valence-electron chi connectivity index (χ4n) is 2.45. The van der Waals surface area contributed by atoms with Crippen molar-refractivity contribution in [1.82, 2.24) is 0 Å². The van der Waals surface area contributed by atoms with E-state index in [1.54, 1.807) is 12.1 Å². The summed E-state index contributed by atoms with van der Waals surface area (Å²) >= 11 is 1.13. The normalized spacial score (nSPS) is 11.0. The predicted molar refractivity (Wildman–Crippen MR) is 105 cm³/mol. The number of carbonyl (C=O) groups excluding carboxylic acids is 2. The number of benzene rings is 2. The van der Waals surface area contributed by atoms with Crippen molar-refractivity contribution in [3.8, 4) is 0 Å². The van der Waals surface area contributed by atoms with E-state index in [4.69, 9.17) is 0 Å². The molecule has 0 saturated carbocycles. The summed E-state index contributed by atoms with van der Waals surface area (Å²) in [6.07, 6.45) is 1.77. The Bertz CT molecular complexity index is 729. The Morgan fingerprint density at radius 2 is 1.60 bits per heavy atom. The van der Waals surface area contributed by atoms with Gasteiger partial charge in [-0.15, -0.1) is 0 Å². The highest BCUT2D eigenvalue weighted by atomic mass is 32.2. The second-order valence-electron chi connectivity index (χ2n) is 6.50. The Balaban J connectivity index is 1.99. The molecule has 2 aromatic carbocycles. The van der Waals surface area contributed by atoms with Gasteiger partial charge in [0, 0.05) is 21.7 Å². The van der Waals surface area contributed by atoms with Crippen LogP contribution in [0.3, 0.4) is 0 Å². The van der Waals surface area contributed by atoms with Gasteiger partial charge in [-0.25, -0.2) is 0 Å².